The van der Waals surface area contributed by atoms with Crippen LogP contribution in [-0.4, -0.2) is 13.3 Å². The van der Waals surface area contributed by atoms with Crippen molar-refractivity contribution in [3.63, 3.8) is 0 Å². The van der Waals surface area contributed by atoms with Gasteiger partial charge < -0.3 is 4.18 Å². The van der Waals surface area contributed by atoms with Gasteiger partial charge in [-0.3, -0.25) is 10.1 Å². The maximum Gasteiger partial charge on any atom is 0.339 e. The molecule has 0 radical (unpaired) electrons. The highest BCUT2D eigenvalue weighted by Gasteiger charge is 2.23. The van der Waals surface area contributed by atoms with Gasteiger partial charge in [0.25, 0.3) is 5.69 Å². The maximum atomic E-state index is 13.1. The minimum absolute atomic E-state index is 0.200. The molecule has 116 valence electrons. The summed E-state index contributed by atoms with van der Waals surface area (Å²) in [7, 11) is -4.30. The van der Waals surface area contributed by atoms with Crippen LogP contribution in [0, 0.1) is 15.9 Å². The summed E-state index contributed by atoms with van der Waals surface area (Å²) < 4.78 is 42.6. The Bertz CT molecular complexity index is 820. The van der Waals surface area contributed by atoms with E-state index in [9.17, 15) is 22.9 Å². The molecule has 2 rings (SSSR count). The van der Waals surface area contributed by atoms with Crippen molar-refractivity contribution in [3.05, 3.63) is 64.0 Å². The van der Waals surface area contributed by atoms with E-state index in [-0.39, 0.29) is 16.3 Å². The smallest absolute Gasteiger partial charge is 0.339 e. The molecule has 0 amide bonds. The molecule has 0 spiro atoms. The summed E-state index contributed by atoms with van der Waals surface area (Å²) >= 11 is 0. The monoisotopic (exact) mass is 325 g/mol. The quantitative estimate of drug-likeness (QED) is 0.479. The van der Waals surface area contributed by atoms with Gasteiger partial charge in [-0.25, -0.2) is 4.39 Å². The van der Waals surface area contributed by atoms with Crippen molar-refractivity contribution in [3.8, 4) is 5.75 Å². The molecule has 0 bridgehead atoms. The molecule has 6 nitrogen and oxygen atoms in total. The number of hydrogen-bond acceptors (Lipinski definition) is 5. The molecular weight excluding hydrogens is 313 g/mol. The molecule has 0 unspecified atom stereocenters. The van der Waals surface area contributed by atoms with Crippen LogP contribution in [0.3, 0.4) is 0 Å². The largest absolute Gasteiger partial charge is 0.379 e. The lowest BCUT2D eigenvalue weighted by molar-refractivity contribution is -0.385. The fourth-order valence-electron chi connectivity index (χ4n) is 1.87. The molecule has 0 atom stereocenters. The Morgan fingerprint density at radius 2 is 1.95 bits per heavy atom. The van der Waals surface area contributed by atoms with Gasteiger partial charge in [0.15, 0.2) is 0 Å². The second-order valence-corrected chi connectivity index (χ2v) is 5.91. The van der Waals surface area contributed by atoms with Gasteiger partial charge in [-0.15, -0.1) is 0 Å². The second kappa shape index (κ2) is 6.10. The molecule has 0 aliphatic carbocycles. The topological polar surface area (TPSA) is 86.5 Å². The van der Waals surface area contributed by atoms with Crippen LogP contribution in [0.2, 0.25) is 0 Å². The zero-order valence-corrected chi connectivity index (χ0v) is 12.3. The van der Waals surface area contributed by atoms with E-state index in [0.29, 0.717) is 12.0 Å². The second-order valence-electron chi connectivity index (χ2n) is 4.40. The van der Waals surface area contributed by atoms with Gasteiger partial charge in [-0.1, -0.05) is 19.1 Å². The van der Waals surface area contributed by atoms with Crippen molar-refractivity contribution in [2.75, 3.05) is 0 Å². The number of nitro groups is 1. The molecule has 0 heterocycles. The maximum absolute atomic E-state index is 13.1. The van der Waals surface area contributed by atoms with Gasteiger partial charge in [0, 0.05) is 18.2 Å². The SMILES string of the molecule is CCc1ccc([N+](=O)[O-])cc1S(=O)(=O)Oc1cccc(F)c1. The van der Waals surface area contributed by atoms with Crippen molar-refractivity contribution < 1.29 is 21.9 Å². The number of non-ortho nitro benzene ring substituents is 1. The minimum Gasteiger partial charge on any atom is -0.379 e. The summed E-state index contributed by atoms with van der Waals surface area (Å²) in [6.45, 7) is 1.71. The third-order valence-electron chi connectivity index (χ3n) is 2.91. The van der Waals surface area contributed by atoms with Crippen LogP contribution in [0.5, 0.6) is 5.75 Å². The Kier molecular flexibility index (Phi) is 4.41. The highest BCUT2D eigenvalue weighted by molar-refractivity contribution is 7.87. The van der Waals surface area contributed by atoms with Gasteiger partial charge in [0.1, 0.15) is 16.5 Å². The first-order valence-corrected chi connectivity index (χ1v) is 7.71. The van der Waals surface area contributed by atoms with Gasteiger partial charge in [0.05, 0.1) is 4.92 Å². The lowest BCUT2D eigenvalue weighted by Crippen LogP contribution is -2.12. The Morgan fingerprint density at radius 1 is 1.23 bits per heavy atom. The lowest BCUT2D eigenvalue weighted by atomic mass is 10.1. The highest BCUT2D eigenvalue weighted by Crippen LogP contribution is 2.26. The van der Waals surface area contributed by atoms with E-state index in [1.807, 2.05) is 0 Å². The third kappa shape index (κ3) is 3.40. The summed E-state index contributed by atoms with van der Waals surface area (Å²) in [5.41, 5.74) is 0.0145. The first-order valence-electron chi connectivity index (χ1n) is 6.31. The molecule has 0 saturated carbocycles. The molecule has 0 aromatic heterocycles. The van der Waals surface area contributed by atoms with Crippen LogP contribution in [0.1, 0.15) is 12.5 Å². The molecule has 2 aromatic carbocycles. The summed E-state index contributed by atoms with van der Waals surface area (Å²) in [4.78, 5) is 9.81. The zero-order valence-electron chi connectivity index (χ0n) is 11.5. The number of nitrogens with zero attached hydrogens (tertiary/aromatic N) is 1. The van der Waals surface area contributed by atoms with E-state index in [4.69, 9.17) is 4.18 Å². The molecule has 0 aliphatic rings. The summed E-state index contributed by atoms with van der Waals surface area (Å²) in [6.07, 6.45) is 0.346. The molecule has 0 aliphatic heterocycles. The van der Waals surface area contributed by atoms with E-state index in [0.717, 1.165) is 18.2 Å². The average Bonchev–Trinajstić information content (AvgIpc) is 2.46. The van der Waals surface area contributed by atoms with Crippen LogP contribution in [-0.2, 0) is 16.5 Å². The number of rotatable bonds is 5. The van der Waals surface area contributed by atoms with Crippen molar-refractivity contribution in [1.29, 1.82) is 0 Å². The molecule has 2 aromatic rings. The van der Waals surface area contributed by atoms with Gasteiger partial charge in [0.2, 0.25) is 0 Å². The van der Waals surface area contributed by atoms with Crippen LogP contribution < -0.4 is 4.18 Å². The number of aryl methyl sites for hydroxylation is 1. The van der Waals surface area contributed by atoms with Crippen molar-refractivity contribution in [1.82, 2.24) is 0 Å². The van der Waals surface area contributed by atoms with Crippen molar-refractivity contribution in [2.45, 2.75) is 18.2 Å². The fourth-order valence-corrected chi connectivity index (χ4v) is 3.12. The number of hydrogen-bond donors (Lipinski definition) is 0. The summed E-state index contributed by atoms with van der Waals surface area (Å²) in [5.74, 6) is -0.851. The van der Waals surface area contributed by atoms with Gasteiger partial charge in [-0.2, -0.15) is 8.42 Å². The Balaban J connectivity index is 2.48. The normalized spacial score (nSPS) is 11.2. The van der Waals surface area contributed by atoms with E-state index in [2.05, 4.69) is 0 Å². The molecule has 0 fully saturated rings. The van der Waals surface area contributed by atoms with E-state index in [1.54, 1.807) is 6.92 Å². The third-order valence-corrected chi connectivity index (χ3v) is 4.24. The van der Waals surface area contributed by atoms with Gasteiger partial charge in [-0.05, 0) is 24.1 Å². The molecular formula is C14H12FNO5S. The average molecular weight is 325 g/mol. The van der Waals surface area contributed by atoms with E-state index in [1.165, 1.54) is 24.3 Å². The van der Waals surface area contributed by atoms with Crippen LogP contribution in [0.25, 0.3) is 0 Å². The number of nitro benzene ring substituents is 1. The summed E-state index contributed by atoms with van der Waals surface area (Å²) in [6, 6.07) is 8.16. The highest BCUT2D eigenvalue weighted by atomic mass is 32.2. The Morgan fingerprint density at radius 3 is 2.55 bits per heavy atom. The molecule has 0 saturated heterocycles. The first-order chi connectivity index (χ1) is 10.3. The molecule has 8 heteroatoms. The van der Waals surface area contributed by atoms with E-state index >= 15 is 0 Å². The fraction of sp³-hybridized carbons (Fsp3) is 0.143. The van der Waals surface area contributed by atoms with Crippen LogP contribution in [0.15, 0.2) is 47.4 Å². The minimum atomic E-state index is -4.30. The zero-order chi connectivity index (χ0) is 16.3. The lowest BCUT2D eigenvalue weighted by Gasteiger charge is -2.10. The molecule has 22 heavy (non-hydrogen) atoms. The Labute approximate surface area is 126 Å². The summed E-state index contributed by atoms with van der Waals surface area (Å²) in [5, 5.41) is 10.8. The number of benzene rings is 2. The van der Waals surface area contributed by atoms with Gasteiger partial charge >= 0.3 is 10.1 Å². The standard InChI is InChI=1S/C14H12FNO5S/c1-2-10-6-7-12(16(17)18)9-14(10)22(19,20)21-13-5-3-4-11(15)8-13/h3-9H,2H2,1H3. The van der Waals surface area contributed by atoms with Crippen LogP contribution in [0.4, 0.5) is 10.1 Å². The predicted octanol–water partition coefficient (Wildman–Crippen LogP) is 3.06. The Hall–Kier alpha value is -2.48. The van der Waals surface area contributed by atoms with Crippen molar-refractivity contribution in [2.24, 2.45) is 0 Å². The predicted molar refractivity (Wildman–Crippen MR) is 76.7 cm³/mol. The first kappa shape index (κ1) is 15.9. The van der Waals surface area contributed by atoms with Crippen LogP contribution >= 0.6 is 0 Å². The van der Waals surface area contributed by atoms with E-state index < -0.39 is 20.9 Å². The molecule has 0 N–H and O–H groups in total. The van der Waals surface area contributed by atoms with Crippen molar-refractivity contribution >= 4 is 15.8 Å². The number of halogens is 1.